The molecule has 4 amide bonds. The predicted molar refractivity (Wildman–Crippen MR) is 168 cm³/mol. The van der Waals surface area contributed by atoms with Crippen molar-refractivity contribution in [1.29, 1.82) is 0 Å². The number of likely N-dealkylation sites (N-methyl/N-ethyl adjacent to an activating group) is 1. The lowest BCUT2D eigenvalue weighted by atomic mass is 9.88. The number of alkyl halides is 3. The molecule has 1 saturated heterocycles. The van der Waals surface area contributed by atoms with Crippen LogP contribution in [0.1, 0.15) is 67.9 Å². The molecule has 0 radical (unpaired) electrons. The van der Waals surface area contributed by atoms with E-state index in [1.807, 2.05) is 7.05 Å². The molecule has 0 bridgehead atoms. The molecule has 3 fully saturated rings. The van der Waals surface area contributed by atoms with Crippen molar-refractivity contribution >= 4 is 29.3 Å². The molecule has 2 aliphatic carbocycles. The van der Waals surface area contributed by atoms with E-state index in [1.54, 1.807) is 24.8 Å². The summed E-state index contributed by atoms with van der Waals surface area (Å²) in [6.07, 6.45) is 0.0793. The Kier molecular flexibility index (Phi) is 10.8. The van der Waals surface area contributed by atoms with Crippen molar-refractivity contribution in [3.8, 4) is 0 Å². The van der Waals surface area contributed by atoms with Crippen molar-refractivity contribution in [3.05, 3.63) is 47.5 Å². The van der Waals surface area contributed by atoms with E-state index in [0.29, 0.717) is 36.4 Å². The molecule has 1 aliphatic heterocycles. The molecule has 2 heterocycles. The average molecular weight is 678 g/mol. The van der Waals surface area contributed by atoms with Crippen LogP contribution in [0.25, 0.3) is 0 Å². The first-order valence-electron chi connectivity index (χ1n) is 16.5. The topological polar surface area (TPSA) is 129 Å². The smallest absolute Gasteiger partial charge is 0.344 e. The Bertz CT molecular complexity index is 1490. The third-order valence-electron chi connectivity index (χ3n) is 9.56. The fourth-order valence-electron chi connectivity index (χ4n) is 6.48. The molecular weight excluding hydrogens is 634 g/mol. The van der Waals surface area contributed by atoms with Gasteiger partial charge >= 0.3 is 6.18 Å². The molecule has 262 valence electrons. The Hall–Kier alpha value is -4.01. The van der Waals surface area contributed by atoms with Gasteiger partial charge in [0.05, 0.1) is 5.69 Å². The van der Waals surface area contributed by atoms with E-state index in [0.717, 1.165) is 37.9 Å². The number of amides is 4. The van der Waals surface area contributed by atoms with Crippen LogP contribution < -0.4 is 16.0 Å². The number of hydrogen-bond acceptors (Lipinski definition) is 6. The van der Waals surface area contributed by atoms with Crippen LogP contribution in [0.3, 0.4) is 0 Å². The van der Waals surface area contributed by atoms with Gasteiger partial charge in [-0.25, -0.2) is 4.39 Å². The summed E-state index contributed by atoms with van der Waals surface area (Å²) < 4.78 is 55.5. The van der Waals surface area contributed by atoms with E-state index in [9.17, 15) is 32.3 Å². The minimum atomic E-state index is -4.61. The van der Waals surface area contributed by atoms with Gasteiger partial charge in [0.15, 0.2) is 0 Å². The normalized spacial score (nSPS) is 19.0. The van der Waals surface area contributed by atoms with E-state index in [2.05, 4.69) is 25.9 Å². The van der Waals surface area contributed by atoms with Crippen molar-refractivity contribution in [1.82, 2.24) is 30.2 Å². The van der Waals surface area contributed by atoms with Crippen LogP contribution in [0.2, 0.25) is 0 Å². The van der Waals surface area contributed by atoms with Crippen LogP contribution in [-0.2, 0) is 20.9 Å². The van der Waals surface area contributed by atoms with Crippen LogP contribution in [0.15, 0.2) is 30.5 Å². The highest BCUT2D eigenvalue weighted by Gasteiger charge is 2.48. The number of nitrogens with one attached hydrogen (secondary N) is 3. The zero-order valence-electron chi connectivity index (χ0n) is 27.4. The van der Waals surface area contributed by atoms with E-state index in [4.69, 9.17) is 0 Å². The van der Waals surface area contributed by atoms with Crippen molar-refractivity contribution in [3.63, 3.8) is 0 Å². The second-order valence-electron chi connectivity index (χ2n) is 13.2. The Morgan fingerprint density at radius 1 is 0.958 bits per heavy atom. The Morgan fingerprint density at radius 2 is 1.60 bits per heavy atom. The predicted octanol–water partition coefficient (Wildman–Crippen LogP) is 3.53. The van der Waals surface area contributed by atoms with Crippen LogP contribution in [0.5, 0.6) is 0 Å². The van der Waals surface area contributed by atoms with Crippen LogP contribution in [0.4, 0.5) is 23.2 Å². The summed E-state index contributed by atoms with van der Waals surface area (Å²) in [5, 5.41) is 11.7. The molecule has 48 heavy (non-hydrogen) atoms. The number of rotatable bonds is 13. The standard InChI is InChI=1S/C33H43F4N7O4/c1-4-26(45)40-28(32(48)43-15-13-42(3)14-16-43)19(2)22-9-10-24(23(34)17-22)39-31(47)29(27(20-5-6-20)21-7-8-21)41-30(46)25-11-12-38-44(25)18-33(35,36)37/h9-12,17,19-21,27-29H,4-8,13-16,18H2,1-3H3,(H,39,47)(H,40,45)(H,41,46)/t19-,28+,29-/m0/s1. The minimum absolute atomic E-state index is 0.151. The number of carbonyl (C=O) groups excluding carboxylic acids is 4. The number of hydrogen-bond donors (Lipinski definition) is 3. The summed E-state index contributed by atoms with van der Waals surface area (Å²) in [4.78, 5) is 56.7. The van der Waals surface area contributed by atoms with Crippen LogP contribution >= 0.6 is 0 Å². The Labute approximate surface area is 276 Å². The molecular formula is C33H43F4N7O4. The van der Waals surface area contributed by atoms with Crippen molar-refractivity contribution < 1.29 is 36.7 Å². The largest absolute Gasteiger partial charge is 0.408 e. The molecule has 15 heteroatoms. The zero-order valence-corrected chi connectivity index (χ0v) is 27.4. The molecule has 3 atom stereocenters. The monoisotopic (exact) mass is 677 g/mol. The van der Waals surface area contributed by atoms with Gasteiger partial charge in [0.25, 0.3) is 5.91 Å². The number of benzene rings is 1. The lowest BCUT2D eigenvalue weighted by Gasteiger charge is -2.36. The van der Waals surface area contributed by atoms with Gasteiger partial charge in [-0.2, -0.15) is 18.3 Å². The summed E-state index contributed by atoms with van der Waals surface area (Å²) >= 11 is 0. The van der Waals surface area contributed by atoms with E-state index in [-0.39, 0.29) is 47.4 Å². The fraction of sp³-hybridized carbons (Fsp3) is 0.606. The van der Waals surface area contributed by atoms with E-state index < -0.39 is 48.4 Å². The van der Waals surface area contributed by atoms with Gasteiger partial charge in [-0.05, 0) is 74.2 Å². The number of piperazine rings is 1. The molecule has 3 aliphatic rings. The number of nitrogens with zero attached hydrogens (tertiary/aromatic N) is 4. The molecule has 5 rings (SSSR count). The second kappa shape index (κ2) is 14.6. The Morgan fingerprint density at radius 3 is 2.17 bits per heavy atom. The number of halogens is 4. The lowest BCUT2D eigenvalue weighted by molar-refractivity contribution is -0.142. The van der Waals surface area contributed by atoms with Gasteiger partial charge in [-0.1, -0.05) is 19.9 Å². The summed E-state index contributed by atoms with van der Waals surface area (Å²) in [5.74, 6) is -3.42. The van der Waals surface area contributed by atoms with E-state index >= 15 is 4.39 Å². The molecule has 1 aromatic carbocycles. The SMILES string of the molecule is CCC(=O)N[C@@H](C(=O)N1CCN(C)CC1)[C@@H](C)c1ccc(NC(=O)[C@@H](NC(=O)c2ccnn2CC(F)(F)F)C(C2CC2)C2CC2)c(F)c1. The first kappa shape index (κ1) is 35.3. The van der Waals surface area contributed by atoms with Gasteiger partial charge in [-0.3, -0.25) is 23.9 Å². The van der Waals surface area contributed by atoms with E-state index in [1.165, 1.54) is 12.1 Å². The van der Waals surface area contributed by atoms with Gasteiger partial charge in [0, 0.05) is 44.7 Å². The van der Waals surface area contributed by atoms with Gasteiger partial charge in [0.1, 0.15) is 30.1 Å². The van der Waals surface area contributed by atoms with Crippen LogP contribution in [0, 0.1) is 23.6 Å². The van der Waals surface area contributed by atoms with Crippen LogP contribution in [-0.4, -0.2) is 94.7 Å². The van der Waals surface area contributed by atoms with Gasteiger partial charge in [-0.15, -0.1) is 0 Å². The zero-order chi connectivity index (χ0) is 34.7. The number of aromatic nitrogens is 2. The third kappa shape index (κ3) is 8.71. The molecule has 2 aromatic rings. The highest BCUT2D eigenvalue weighted by Crippen LogP contribution is 2.51. The van der Waals surface area contributed by atoms with Crippen molar-refractivity contribution in [2.24, 2.45) is 17.8 Å². The quantitative estimate of drug-likeness (QED) is 0.279. The summed E-state index contributed by atoms with van der Waals surface area (Å²) in [6.45, 7) is 4.34. The molecule has 2 saturated carbocycles. The first-order valence-corrected chi connectivity index (χ1v) is 16.5. The first-order chi connectivity index (χ1) is 22.8. The average Bonchev–Trinajstić information content (AvgIpc) is 3.99. The molecule has 3 N–H and O–H groups in total. The maximum Gasteiger partial charge on any atom is 0.408 e. The fourth-order valence-corrected chi connectivity index (χ4v) is 6.48. The molecule has 11 nitrogen and oxygen atoms in total. The number of carbonyl (C=O) groups is 4. The molecule has 0 unspecified atom stereocenters. The van der Waals surface area contributed by atoms with Gasteiger partial charge < -0.3 is 25.8 Å². The summed E-state index contributed by atoms with van der Waals surface area (Å²) in [5.41, 5.74) is -0.0518. The van der Waals surface area contributed by atoms with Crippen molar-refractivity contribution in [2.75, 3.05) is 38.5 Å². The molecule has 1 aromatic heterocycles. The van der Waals surface area contributed by atoms with Gasteiger partial charge in [0.2, 0.25) is 17.7 Å². The molecule has 0 spiro atoms. The highest BCUT2D eigenvalue weighted by atomic mass is 19.4. The number of anilines is 1. The van der Waals surface area contributed by atoms with Crippen molar-refractivity contribution in [2.45, 2.75) is 76.7 Å². The maximum atomic E-state index is 15.7. The lowest BCUT2D eigenvalue weighted by Crippen LogP contribution is -2.55. The maximum absolute atomic E-state index is 15.7. The summed E-state index contributed by atoms with van der Waals surface area (Å²) in [7, 11) is 1.96. The summed E-state index contributed by atoms with van der Waals surface area (Å²) in [6, 6.07) is 3.28. The Balaban J connectivity index is 1.34. The second-order valence-corrected chi connectivity index (χ2v) is 13.2. The minimum Gasteiger partial charge on any atom is -0.344 e. The highest BCUT2D eigenvalue weighted by molar-refractivity contribution is 6.01. The third-order valence-corrected chi connectivity index (χ3v) is 9.56.